The van der Waals surface area contributed by atoms with Gasteiger partial charge in [0, 0.05) is 18.9 Å². The van der Waals surface area contributed by atoms with Gasteiger partial charge in [-0.1, -0.05) is 44.6 Å². The predicted molar refractivity (Wildman–Crippen MR) is 159 cm³/mol. The summed E-state index contributed by atoms with van der Waals surface area (Å²) in [5, 5.41) is 44.3. The second-order valence-corrected chi connectivity index (χ2v) is 12.6. The van der Waals surface area contributed by atoms with Crippen molar-refractivity contribution in [1.82, 2.24) is 10.2 Å². The number of Topliss-reactive ketones (excluding diaryl/α,β-unsaturated/α-hetero) is 1. The Morgan fingerprint density at radius 2 is 1.89 bits per heavy atom. The second kappa shape index (κ2) is 12.9. The van der Waals surface area contributed by atoms with Crippen molar-refractivity contribution in [1.29, 1.82) is 0 Å². The molecule has 0 aromatic heterocycles. The second-order valence-electron chi connectivity index (χ2n) is 12.6. The molecule has 11 atom stereocenters. The third-order valence-electron chi connectivity index (χ3n) is 9.48. The third-order valence-corrected chi connectivity index (χ3v) is 9.48. The van der Waals surface area contributed by atoms with Crippen LogP contribution in [0.1, 0.15) is 54.4 Å². The number of likely N-dealkylation sites (tertiary alicyclic amines) is 1. The van der Waals surface area contributed by atoms with Crippen molar-refractivity contribution >= 4 is 17.6 Å². The number of amides is 2. The van der Waals surface area contributed by atoms with E-state index >= 15 is 0 Å². The van der Waals surface area contributed by atoms with Gasteiger partial charge in [-0.05, 0) is 45.8 Å². The van der Waals surface area contributed by atoms with Gasteiger partial charge in [0.15, 0.2) is 11.4 Å². The number of fused-ring (bicyclic) bond motifs is 2. The summed E-state index contributed by atoms with van der Waals surface area (Å²) in [6.07, 6.45) is 5.79. The van der Waals surface area contributed by atoms with Gasteiger partial charge in [0.2, 0.25) is 11.7 Å². The number of hydrogen-bond donors (Lipinski definition) is 5. The van der Waals surface area contributed by atoms with Crippen molar-refractivity contribution in [2.45, 2.75) is 102 Å². The normalized spacial score (nSPS) is 40.4. The lowest BCUT2D eigenvalue weighted by Crippen LogP contribution is -2.66. The molecule has 3 saturated heterocycles. The molecule has 0 aromatic rings. The van der Waals surface area contributed by atoms with E-state index in [0.29, 0.717) is 12.0 Å². The molecule has 5 N–H and O–H groups in total. The number of aliphatic hydroxyl groups is 4. The summed E-state index contributed by atoms with van der Waals surface area (Å²) in [5.74, 6) is -5.02. The largest absolute Gasteiger partial charge is 0.507 e. The third kappa shape index (κ3) is 6.03. The maximum Gasteiger partial charge on any atom is 0.264 e. The van der Waals surface area contributed by atoms with Crippen LogP contribution in [-0.2, 0) is 28.6 Å². The molecular weight excluding hydrogens is 572 g/mol. The Morgan fingerprint density at radius 3 is 2.50 bits per heavy atom. The van der Waals surface area contributed by atoms with Gasteiger partial charge in [-0.25, -0.2) is 0 Å². The van der Waals surface area contributed by atoms with Crippen molar-refractivity contribution in [3.8, 4) is 0 Å². The summed E-state index contributed by atoms with van der Waals surface area (Å²) in [7, 11) is 1.44. The standard InChI is InChI=1S/C32H46N2O10/c1-16(14-17(2)28-18(3)23-12-13-32(41,15-35)31(6,43-23)44-28)8-9-22(37)25-27(38)26(19(4)29(39)33-7)34(30(25)40)24-11-10-21(36)20(5)42-24/h8-9,12-14,17-21,23-24,26,28,35-37,41H,10-11,15H2,1-7H3,(H,33,39). The van der Waals surface area contributed by atoms with Crippen LogP contribution in [0, 0.1) is 17.8 Å². The maximum absolute atomic E-state index is 13.6. The highest BCUT2D eigenvalue weighted by Crippen LogP contribution is 2.45. The van der Waals surface area contributed by atoms with Gasteiger partial charge in [0.1, 0.15) is 23.6 Å². The van der Waals surface area contributed by atoms with E-state index in [1.54, 1.807) is 32.9 Å². The molecule has 44 heavy (non-hydrogen) atoms. The number of carbonyl (C=O) groups is 3. The Morgan fingerprint density at radius 1 is 1.20 bits per heavy atom. The van der Waals surface area contributed by atoms with E-state index in [9.17, 15) is 34.8 Å². The molecule has 244 valence electrons. The monoisotopic (exact) mass is 618 g/mol. The topological polar surface area (TPSA) is 175 Å². The van der Waals surface area contributed by atoms with E-state index in [4.69, 9.17) is 14.2 Å². The molecule has 0 spiro atoms. The fourth-order valence-electron chi connectivity index (χ4n) is 6.59. The minimum Gasteiger partial charge on any atom is -0.507 e. The molecule has 2 bridgehead atoms. The van der Waals surface area contributed by atoms with Crippen LogP contribution in [0.2, 0.25) is 0 Å². The Labute approximate surface area is 258 Å². The molecule has 4 heterocycles. The van der Waals surface area contributed by atoms with E-state index in [1.165, 1.54) is 31.0 Å². The Balaban J connectivity index is 1.58. The van der Waals surface area contributed by atoms with Crippen LogP contribution in [0.3, 0.4) is 0 Å². The van der Waals surface area contributed by atoms with Crippen LogP contribution >= 0.6 is 0 Å². The molecule has 0 aliphatic carbocycles. The molecular formula is C32H46N2O10. The lowest BCUT2D eigenvalue weighted by atomic mass is 9.80. The zero-order valence-electron chi connectivity index (χ0n) is 26.4. The first-order valence-corrected chi connectivity index (χ1v) is 15.2. The summed E-state index contributed by atoms with van der Waals surface area (Å²) in [6, 6.07) is -1.18. The van der Waals surface area contributed by atoms with Crippen molar-refractivity contribution in [3.63, 3.8) is 0 Å². The van der Waals surface area contributed by atoms with E-state index in [0.717, 1.165) is 0 Å². The fraction of sp³-hybridized carbons (Fsp3) is 0.656. The number of carbonyl (C=O) groups excluding carboxylic acids is 3. The van der Waals surface area contributed by atoms with Crippen molar-refractivity contribution < 1.29 is 49.0 Å². The van der Waals surface area contributed by atoms with Crippen LogP contribution in [-0.4, -0.2) is 105 Å². The number of hydrogen-bond acceptors (Lipinski definition) is 10. The van der Waals surface area contributed by atoms with Gasteiger partial charge in [0.25, 0.3) is 5.91 Å². The van der Waals surface area contributed by atoms with Crippen LogP contribution in [0.25, 0.3) is 0 Å². The van der Waals surface area contributed by atoms with Gasteiger partial charge in [-0.3, -0.25) is 14.4 Å². The Bertz CT molecular complexity index is 1280. The average Bonchev–Trinajstić information content (AvgIpc) is 3.25. The Kier molecular flexibility index (Phi) is 9.94. The predicted octanol–water partition coefficient (Wildman–Crippen LogP) is 1.41. The quantitative estimate of drug-likeness (QED) is 0.0880. The van der Waals surface area contributed by atoms with E-state index in [1.807, 2.05) is 19.9 Å². The van der Waals surface area contributed by atoms with Crippen LogP contribution in [0.4, 0.5) is 0 Å². The van der Waals surface area contributed by atoms with Gasteiger partial charge in [-0.15, -0.1) is 0 Å². The molecule has 12 heteroatoms. The number of aliphatic hydroxyl groups excluding tert-OH is 3. The zero-order chi connectivity index (χ0) is 32.7. The van der Waals surface area contributed by atoms with Gasteiger partial charge < -0.3 is 44.9 Å². The van der Waals surface area contributed by atoms with E-state index in [2.05, 4.69) is 5.32 Å². The van der Waals surface area contributed by atoms with Crippen molar-refractivity contribution in [2.24, 2.45) is 17.8 Å². The summed E-state index contributed by atoms with van der Waals surface area (Å²) in [6.45, 7) is 9.96. The first-order valence-electron chi connectivity index (χ1n) is 15.2. The molecule has 0 saturated carbocycles. The number of nitrogens with one attached hydrogen (secondary N) is 1. The number of ether oxygens (including phenoxy) is 3. The highest BCUT2D eigenvalue weighted by molar-refractivity contribution is 6.27. The van der Waals surface area contributed by atoms with Crippen molar-refractivity contribution in [3.05, 3.63) is 47.3 Å². The highest BCUT2D eigenvalue weighted by Gasteiger charge is 2.57. The lowest BCUT2D eigenvalue weighted by Gasteiger charge is -2.54. The first-order chi connectivity index (χ1) is 20.6. The summed E-state index contributed by atoms with van der Waals surface area (Å²) >= 11 is 0. The molecule has 4 aliphatic heterocycles. The van der Waals surface area contributed by atoms with E-state index in [-0.39, 0.29) is 30.5 Å². The van der Waals surface area contributed by atoms with E-state index < -0.39 is 77.3 Å². The number of allylic oxidation sites excluding steroid dienone is 3. The van der Waals surface area contributed by atoms with Gasteiger partial charge in [-0.2, -0.15) is 0 Å². The molecule has 4 aliphatic rings. The SMILES string of the molecule is CNC(=O)C(C)C1C(=O)C(=C(O)C=CC(C)=CC(C)C2OC3(C)OC(C=CC3(O)CO)C2C)C(=O)N1C1CCC(O)C(C)O1. The lowest BCUT2D eigenvalue weighted by molar-refractivity contribution is -0.381. The first kappa shape index (κ1) is 34.0. The number of rotatable bonds is 8. The highest BCUT2D eigenvalue weighted by atomic mass is 16.7. The smallest absolute Gasteiger partial charge is 0.264 e. The average molecular weight is 619 g/mol. The molecule has 0 aromatic carbocycles. The van der Waals surface area contributed by atoms with Crippen LogP contribution in [0.15, 0.2) is 47.3 Å². The van der Waals surface area contributed by atoms with Crippen LogP contribution < -0.4 is 5.32 Å². The minimum absolute atomic E-state index is 0.0779. The van der Waals surface area contributed by atoms with Crippen LogP contribution in [0.5, 0.6) is 0 Å². The molecule has 0 radical (unpaired) electrons. The zero-order valence-corrected chi connectivity index (χ0v) is 26.4. The molecule has 2 amide bonds. The number of ketones is 1. The fourth-order valence-corrected chi connectivity index (χ4v) is 6.59. The molecule has 11 unspecified atom stereocenters. The summed E-state index contributed by atoms with van der Waals surface area (Å²) < 4.78 is 18.1. The van der Waals surface area contributed by atoms with Gasteiger partial charge in [0.05, 0.1) is 36.9 Å². The van der Waals surface area contributed by atoms with Crippen molar-refractivity contribution in [2.75, 3.05) is 13.7 Å². The summed E-state index contributed by atoms with van der Waals surface area (Å²) in [5.41, 5.74) is -1.42. The number of nitrogens with zero attached hydrogens (tertiary/aromatic N) is 1. The molecule has 3 fully saturated rings. The maximum atomic E-state index is 13.6. The minimum atomic E-state index is -1.69. The summed E-state index contributed by atoms with van der Waals surface area (Å²) in [4.78, 5) is 41.0. The molecule has 4 rings (SSSR count). The molecule has 12 nitrogen and oxygen atoms in total. The Hall–Kier alpha value is -2.87. The van der Waals surface area contributed by atoms with Gasteiger partial charge >= 0.3 is 0 Å².